The van der Waals surface area contributed by atoms with Crippen LogP contribution in [0.4, 0.5) is 0 Å². The van der Waals surface area contributed by atoms with Gasteiger partial charge >= 0.3 is 5.97 Å². The highest BCUT2D eigenvalue weighted by Crippen LogP contribution is 2.20. The van der Waals surface area contributed by atoms with Crippen LogP contribution in [0.5, 0.6) is 0 Å². The van der Waals surface area contributed by atoms with Crippen molar-refractivity contribution in [2.24, 2.45) is 5.92 Å². The Balaban J connectivity index is 1.99. The molecular weight excluding hydrogens is 322 g/mol. The average molecular weight is 357 g/mol. The van der Waals surface area contributed by atoms with Crippen LogP contribution in [-0.2, 0) is 23.8 Å². The van der Waals surface area contributed by atoms with Gasteiger partial charge in [0.25, 0.3) is 5.91 Å². The Hall–Kier alpha value is -1.14. The summed E-state index contributed by atoms with van der Waals surface area (Å²) in [5, 5.41) is 2.74. The lowest BCUT2D eigenvalue weighted by Crippen LogP contribution is -2.33. The van der Waals surface area contributed by atoms with E-state index in [1.165, 1.54) is 19.3 Å². The Kier molecular flexibility index (Phi) is 11.5. The van der Waals surface area contributed by atoms with Crippen LogP contribution in [0.1, 0.15) is 65.7 Å². The second-order valence-electron chi connectivity index (χ2n) is 7.14. The number of hydrogen-bond acceptors (Lipinski definition) is 5. The minimum atomic E-state index is -0.643. The number of nitrogens with one attached hydrogen (secondary N) is 1. The van der Waals surface area contributed by atoms with E-state index in [9.17, 15) is 9.59 Å². The van der Waals surface area contributed by atoms with Crippen LogP contribution < -0.4 is 5.32 Å². The maximum Gasteiger partial charge on any atom is 0.335 e. The van der Waals surface area contributed by atoms with E-state index >= 15 is 0 Å². The monoisotopic (exact) mass is 357 g/mol. The lowest BCUT2D eigenvalue weighted by atomic mass is 9.98. The number of carbonyl (C=O) groups excluding carboxylic acids is 2. The van der Waals surface area contributed by atoms with E-state index in [0.717, 1.165) is 25.7 Å². The number of hydrogen-bond donors (Lipinski definition) is 1. The second-order valence-corrected chi connectivity index (χ2v) is 7.14. The predicted molar refractivity (Wildman–Crippen MR) is 96.3 cm³/mol. The summed E-state index contributed by atoms with van der Waals surface area (Å²) in [6.45, 7) is 7.27. The lowest BCUT2D eigenvalue weighted by molar-refractivity contribution is -0.159. The summed E-state index contributed by atoms with van der Waals surface area (Å²) >= 11 is 0. The van der Waals surface area contributed by atoms with Gasteiger partial charge in [-0.2, -0.15) is 0 Å². The Labute approximate surface area is 152 Å². The molecule has 6 heteroatoms. The third kappa shape index (κ3) is 11.2. The molecule has 1 aliphatic rings. The SMILES string of the molecule is CC(C)CCOC(C)C(=O)OCC(=O)NCCCOC1CCCCC1. The molecule has 0 aromatic carbocycles. The Morgan fingerprint density at radius 3 is 2.48 bits per heavy atom. The van der Waals surface area contributed by atoms with Crippen molar-refractivity contribution in [1.82, 2.24) is 5.32 Å². The van der Waals surface area contributed by atoms with Gasteiger partial charge in [-0.05, 0) is 38.5 Å². The molecule has 1 N–H and O–H groups in total. The van der Waals surface area contributed by atoms with Gasteiger partial charge in [0.2, 0.25) is 0 Å². The van der Waals surface area contributed by atoms with Gasteiger partial charge in [-0.3, -0.25) is 4.79 Å². The number of rotatable bonds is 12. The van der Waals surface area contributed by atoms with Crippen molar-refractivity contribution in [2.75, 3.05) is 26.4 Å². The molecule has 1 aliphatic carbocycles. The topological polar surface area (TPSA) is 73.9 Å². The highest BCUT2D eigenvalue weighted by atomic mass is 16.6. The summed E-state index contributed by atoms with van der Waals surface area (Å²) in [5.41, 5.74) is 0. The van der Waals surface area contributed by atoms with Crippen molar-refractivity contribution in [1.29, 1.82) is 0 Å². The van der Waals surface area contributed by atoms with E-state index in [0.29, 0.717) is 31.8 Å². The molecule has 0 aromatic rings. The third-order valence-electron chi connectivity index (χ3n) is 4.29. The zero-order valence-corrected chi connectivity index (χ0v) is 16.1. The predicted octanol–water partition coefficient (Wildman–Crippen LogP) is 2.84. The first-order chi connectivity index (χ1) is 12.0. The van der Waals surface area contributed by atoms with Gasteiger partial charge in [0, 0.05) is 19.8 Å². The molecule has 1 unspecified atom stereocenters. The minimum absolute atomic E-state index is 0.264. The molecule has 1 atom stereocenters. The highest BCUT2D eigenvalue weighted by Gasteiger charge is 2.16. The number of amides is 1. The fraction of sp³-hybridized carbons (Fsp3) is 0.895. The summed E-state index contributed by atoms with van der Waals surface area (Å²) in [7, 11) is 0. The Bertz CT molecular complexity index is 380. The summed E-state index contributed by atoms with van der Waals surface area (Å²) in [6.07, 6.45) is 7.54. The quantitative estimate of drug-likeness (QED) is 0.429. The zero-order chi connectivity index (χ0) is 18.5. The standard InChI is InChI=1S/C19H35NO5/c1-15(2)10-13-23-16(3)19(22)25-14-18(21)20-11-7-12-24-17-8-5-4-6-9-17/h15-17H,4-14H2,1-3H3,(H,20,21). The summed E-state index contributed by atoms with van der Waals surface area (Å²) in [5.74, 6) is -0.268. The van der Waals surface area contributed by atoms with Gasteiger partial charge in [-0.1, -0.05) is 33.1 Å². The van der Waals surface area contributed by atoms with Crippen molar-refractivity contribution in [2.45, 2.75) is 77.9 Å². The van der Waals surface area contributed by atoms with Crippen molar-refractivity contribution < 1.29 is 23.8 Å². The molecule has 6 nitrogen and oxygen atoms in total. The maximum atomic E-state index is 11.7. The van der Waals surface area contributed by atoms with E-state index in [4.69, 9.17) is 14.2 Å². The highest BCUT2D eigenvalue weighted by molar-refractivity contribution is 5.81. The zero-order valence-electron chi connectivity index (χ0n) is 16.1. The molecule has 0 heterocycles. The fourth-order valence-corrected chi connectivity index (χ4v) is 2.64. The van der Waals surface area contributed by atoms with Gasteiger partial charge in [0.05, 0.1) is 6.10 Å². The van der Waals surface area contributed by atoms with Crippen LogP contribution in [-0.4, -0.2) is 50.4 Å². The summed E-state index contributed by atoms with van der Waals surface area (Å²) in [4.78, 5) is 23.4. The molecule has 1 fully saturated rings. The minimum Gasteiger partial charge on any atom is -0.454 e. The van der Waals surface area contributed by atoms with Crippen LogP contribution in [0, 0.1) is 5.92 Å². The van der Waals surface area contributed by atoms with E-state index in [1.54, 1.807) is 6.92 Å². The molecule has 1 amide bonds. The third-order valence-corrected chi connectivity index (χ3v) is 4.29. The van der Waals surface area contributed by atoms with Gasteiger partial charge in [-0.15, -0.1) is 0 Å². The number of ether oxygens (including phenoxy) is 3. The molecule has 0 saturated heterocycles. The molecule has 0 spiro atoms. The summed E-state index contributed by atoms with van der Waals surface area (Å²) < 4.78 is 16.2. The summed E-state index contributed by atoms with van der Waals surface area (Å²) in [6, 6.07) is 0. The van der Waals surface area contributed by atoms with E-state index < -0.39 is 12.1 Å². The molecule has 25 heavy (non-hydrogen) atoms. The molecule has 1 saturated carbocycles. The van der Waals surface area contributed by atoms with Crippen molar-refractivity contribution >= 4 is 11.9 Å². The van der Waals surface area contributed by atoms with Gasteiger partial charge < -0.3 is 19.5 Å². The smallest absolute Gasteiger partial charge is 0.335 e. The first-order valence-electron chi connectivity index (χ1n) is 9.65. The normalized spacial score (nSPS) is 16.6. The molecule has 1 rings (SSSR count). The van der Waals surface area contributed by atoms with Crippen LogP contribution >= 0.6 is 0 Å². The largest absolute Gasteiger partial charge is 0.454 e. The van der Waals surface area contributed by atoms with Gasteiger partial charge in [0.1, 0.15) is 0 Å². The lowest BCUT2D eigenvalue weighted by Gasteiger charge is -2.21. The fourth-order valence-electron chi connectivity index (χ4n) is 2.64. The molecule has 0 aromatic heterocycles. The maximum absolute atomic E-state index is 11.7. The number of esters is 1. The average Bonchev–Trinajstić information content (AvgIpc) is 2.59. The van der Waals surface area contributed by atoms with Crippen molar-refractivity contribution in [3.05, 3.63) is 0 Å². The molecule has 0 bridgehead atoms. The number of carbonyl (C=O) groups is 2. The van der Waals surface area contributed by atoms with Crippen LogP contribution in [0.2, 0.25) is 0 Å². The second kappa shape index (κ2) is 13.1. The Morgan fingerprint density at radius 1 is 1.08 bits per heavy atom. The van der Waals surface area contributed by atoms with Gasteiger partial charge in [0.15, 0.2) is 12.7 Å². The van der Waals surface area contributed by atoms with Crippen molar-refractivity contribution in [3.8, 4) is 0 Å². The van der Waals surface area contributed by atoms with E-state index in [-0.39, 0.29) is 12.5 Å². The van der Waals surface area contributed by atoms with E-state index in [2.05, 4.69) is 19.2 Å². The Morgan fingerprint density at radius 2 is 1.80 bits per heavy atom. The van der Waals surface area contributed by atoms with Gasteiger partial charge in [-0.25, -0.2) is 4.79 Å². The van der Waals surface area contributed by atoms with Crippen molar-refractivity contribution in [3.63, 3.8) is 0 Å². The first kappa shape index (κ1) is 21.9. The molecule has 0 aliphatic heterocycles. The van der Waals surface area contributed by atoms with E-state index in [1.807, 2.05) is 0 Å². The molecular formula is C19H35NO5. The van der Waals surface area contributed by atoms with Crippen LogP contribution in [0.25, 0.3) is 0 Å². The molecule has 146 valence electrons. The first-order valence-corrected chi connectivity index (χ1v) is 9.65. The van der Waals surface area contributed by atoms with Crippen LogP contribution in [0.15, 0.2) is 0 Å². The molecule has 0 radical (unpaired) electrons. The van der Waals surface area contributed by atoms with Crippen LogP contribution in [0.3, 0.4) is 0 Å².